The molecular formula is C13H15F3N2O. The molecule has 0 atom stereocenters. The Balaban J connectivity index is 3.11. The third-order valence-electron chi connectivity index (χ3n) is 2.29. The molecule has 0 aromatic heterocycles. The highest BCUT2D eigenvalue weighted by atomic mass is 19.4. The van der Waals surface area contributed by atoms with Crippen molar-refractivity contribution >= 4 is 17.3 Å². The van der Waals surface area contributed by atoms with Gasteiger partial charge in [-0.2, -0.15) is 13.2 Å². The number of carbonyl (C=O) groups excluding carboxylic acids is 1. The van der Waals surface area contributed by atoms with Crippen molar-refractivity contribution in [2.45, 2.75) is 20.0 Å². The van der Waals surface area contributed by atoms with Gasteiger partial charge in [-0.25, -0.2) is 0 Å². The van der Waals surface area contributed by atoms with E-state index in [1.165, 1.54) is 18.2 Å². The first-order valence-electron chi connectivity index (χ1n) is 5.77. The average molecular weight is 272 g/mol. The summed E-state index contributed by atoms with van der Waals surface area (Å²) in [4.78, 5) is 11.4. The van der Waals surface area contributed by atoms with Crippen LogP contribution in [0.5, 0.6) is 0 Å². The Kier molecular flexibility index (Phi) is 4.97. The smallest absolute Gasteiger partial charge is 0.384 e. The SMILES string of the molecule is C/C=C\C(=O)Nc1cc(C(F)(F)F)ccc1NCC. The molecular weight excluding hydrogens is 257 g/mol. The molecule has 0 bridgehead atoms. The van der Waals surface area contributed by atoms with Crippen LogP contribution in [0.3, 0.4) is 0 Å². The Hall–Kier alpha value is -1.98. The molecule has 0 aliphatic rings. The number of carbonyl (C=O) groups is 1. The number of hydrogen-bond donors (Lipinski definition) is 2. The maximum atomic E-state index is 12.6. The molecule has 0 heterocycles. The van der Waals surface area contributed by atoms with Crippen molar-refractivity contribution in [1.82, 2.24) is 0 Å². The first-order chi connectivity index (χ1) is 8.88. The van der Waals surface area contributed by atoms with E-state index in [4.69, 9.17) is 0 Å². The van der Waals surface area contributed by atoms with E-state index in [0.29, 0.717) is 12.2 Å². The number of amides is 1. The number of nitrogens with one attached hydrogen (secondary N) is 2. The number of hydrogen-bond acceptors (Lipinski definition) is 2. The summed E-state index contributed by atoms with van der Waals surface area (Å²) in [5.41, 5.74) is -0.238. The molecule has 0 saturated carbocycles. The monoisotopic (exact) mass is 272 g/mol. The minimum Gasteiger partial charge on any atom is -0.384 e. The summed E-state index contributed by atoms with van der Waals surface area (Å²) in [7, 11) is 0. The van der Waals surface area contributed by atoms with Gasteiger partial charge in [-0.15, -0.1) is 0 Å². The number of alkyl halides is 3. The number of rotatable bonds is 4. The summed E-state index contributed by atoms with van der Waals surface area (Å²) < 4.78 is 37.9. The topological polar surface area (TPSA) is 41.1 Å². The van der Waals surface area contributed by atoms with Gasteiger partial charge in [0.25, 0.3) is 0 Å². The maximum absolute atomic E-state index is 12.6. The van der Waals surface area contributed by atoms with E-state index < -0.39 is 17.6 Å². The van der Waals surface area contributed by atoms with Crippen LogP contribution in [-0.4, -0.2) is 12.5 Å². The fourth-order valence-electron chi connectivity index (χ4n) is 1.49. The van der Waals surface area contributed by atoms with Crippen LogP contribution < -0.4 is 10.6 Å². The van der Waals surface area contributed by atoms with E-state index in [-0.39, 0.29) is 5.69 Å². The van der Waals surface area contributed by atoms with Crippen molar-refractivity contribution in [3.05, 3.63) is 35.9 Å². The van der Waals surface area contributed by atoms with Crippen molar-refractivity contribution in [3.63, 3.8) is 0 Å². The van der Waals surface area contributed by atoms with Crippen molar-refractivity contribution in [2.75, 3.05) is 17.2 Å². The van der Waals surface area contributed by atoms with Gasteiger partial charge in [0.1, 0.15) is 0 Å². The second-order valence-electron chi connectivity index (χ2n) is 3.78. The predicted octanol–water partition coefficient (Wildman–Crippen LogP) is 3.65. The lowest BCUT2D eigenvalue weighted by atomic mass is 10.1. The largest absolute Gasteiger partial charge is 0.416 e. The lowest BCUT2D eigenvalue weighted by Gasteiger charge is -2.14. The Morgan fingerprint density at radius 1 is 1.32 bits per heavy atom. The van der Waals surface area contributed by atoms with Crippen LogP contribution in [0.1, 0.15) is 19.4 Å². The molecule has 0 aliphatic carbocycles. The molecule has 6 heteroatoms. The van der Waals surface area contributed by atoms with Crippen LogP contribution in [0.15, 0.2) is 30.4 Å². The lowest BCUT2D eigenvalue weighted by Crippen LogP contribution is -2.13. The molecule has 3 nitrogen and oxygen atoms in total. The van der Waals surface area contributed by atoms with Crippen LogP contribution in [0.4, 0.5) is 24.5 Å². The molecule has 19 heavy (non-hydrogen) atoms. The van der Waals surface area contributed by atoms with Crippen molar-refractivity contribution < 1.29 is 18.0 Å². The number of halogens is 3. The first kappa shape index (κ1) is 15.1. The highest BCUT2D eigenvalue weighted by Crippen LogP contribution is 2.34. The molecule has 1 aromatic rings. The van der Waals surface area contributed by atoms with E-state index in [1.54, 1.807) is 6.92 Å². The molecule has 104 valence electrons. The molecule has 0 aliphatic heterocycles. The van der Waals surface area contributed by atoms with Gasteiger partial charge in [-0.05, 0) is 38.1 Å². The normalized spacial score (nSPS) is 11.6. The van der Waals surface area contributed by atoms with Gasteiger partial charge in [-0.3, -0.25) is 4.79 Å². The minimum atomic E-state index is -4.44. The highest BCUT2D eigenvalue weighted by Gasteiger charge is 2.31. The molecule has 0 fully saturated rings. The zero-order chi connectivity index (χ0) is 14.5. The number of allylic oxidation sites excluding steroid dienone is 1. The third kappa shape index (κ3) is 4.31. The van der Waals surface area contributed by atoms with Crippen molar-refractivity contribution in [3.8, 4) is 0 Å². The maximum Gasteiger partial charge on any atom is 0.416 e. The Morgan fingerprint density at radius 2 is 2.00 bits per heavy atom. The fourth-order valence-corrected chi connectivity index (χ4v) is 1.49. The summed E-state index contributed by atoms with van der Waals surface area (Å²) in [6, 6.07) is 3.19. The van der Waals surface area contributed by atoms with Gasteiger partial charge in [0.15, 0.2) is 0 Å². The Morgan fingerprint density at radius 3 is 2.53 bits per heavy atom. The molecule has 1 aromatic carbocycles. The van der Waals surface area contributed by atoms with E-state index in [1.807, 2.05) is 6.92 Å². The summed E-state index contributed by atoms with van der Waals surface area (Å²) in [6.07, 6.45) is -1.68. The van der Waals surface area contributed by atoms with Crippen molar-refractivity contribution in [1.29, 1.82) is 0 Å². The van der Waals surface area contributed by atoms with Gasteiger partial charge < -0.3 is 10.6 Å². The van der Waals surface area contributed by atoms with E-state index in [2.05, 4.69) is 10.6 Å². The average Bonchev–Trinajstić information content (AvgIpc) is 2.30. The summed E-state index contributed by atoms with van der Waals surface area (Å²) in [5.74, 6) is -0.471. The first-order valence-corrected chi connectivity index (χ1v) is 5.77. The minimum absolute atomic E-state index is 0.111. The Labute approximate surface area is 109 Å². The summed E-state index contributed by atoms with van der Waals surface area (Å²) in [5, 5.41) is 5.32. The lowest BCUT2D eigenvalue weighted by molar-refractivity contribution is -0.137. The highest BCUT2D eigenvalue weighted by molar-refractivity contribution is 6.01. The second-order valence-corrected chi connectivity index (χ2v) is 3.78. The Bertz CT molecular complexity index is 481. The molecule has 1 rings (SSSR count). The van der Waals surface area contributed by atoms with Crippen LogP contribution in [0.25, 0.3) is 0 Å². The fraction of sp³-hybridized carbons (Fsp3) is 0.308. The standard InChI is InChI=1S/C13H15F3N2O/c1-3-5-12(19)18-11-8-9(13(14,15)16)6-7-10(11)17-4-2/h3,5-8,17H,4H2,1-2H3,(H,18,19)/b5-3-. The van der Waals surface area contributed by atoms with Crippen LogP contribution >= 0.6 is 0 Å². The molecule has 0 saturated heterocycles. The van der Waals surface area contributed by atoms with Crippen LogP contribution in [0, 0.1) is 0 Å². The van der Waals surface area contributed by atoms with Gasteiger partial charge in [0.2, 0.25) is 5.91 Å². The number of benzene rings is 1. The van der Waals surface area contributed by atoms with E-state index >= 15 is 0 Å². The molecule has 0 spiro atoms. The molecule has 0 unspecified atom stereocenters. The quantitative estimate of drug-likeness (QED) is 0.821. The van der Waals surface area contributed by atoms with Crippen molar-refractivity contribution in [2.24, 2.45) is 0 Å². The number of anilines is 2. The van der Waals surface area contributed by atoms with Gasteiger partial charge >= 0.3 is 6.18 Å². The van der Waals surface area contributed by atoms with Gasteiger partial charge in [0, 0.05) is 6.54 Å². The van der Waals surface area contributed by atoms with Gasteiger partial charge in [-0.1, -0.05) is 6.08 Å². The zero-order valence-corrected chi connectivity index (χ0v) is 10.6. The van der Waals surface area contributed by atoms with E-state index in [9.17, 15) is 18.0 Å². The zero-order valence-electron chi connectivity index (χ0n) is 10.6. The van der Waals surface area contributed by atoms with Crippen LogP contribution in [0.2, 0.25) is 0 Å². The molecule has 2 N–H and O–H groups in total. The predicted molar refractivity (Wildman–Crippen MR) is 69.1 cm³/mol. The van der Waals surface area contributed by atoms with Gasteiger partial charge in [0.05, 0.1) is 16.9 Å². The summed E-state index contributed by atoms with van der Waals surface area (Å²) in [6.45, 7) is 4.00. The molecule has 1 amide bonds. The second kappa shape index (κ2) is 6.26. The van der Waals surface area contributed by atoms with E-state index in [0.717, 1.165) is 12.1 Å². The summed E-state index contributed by atoms with van der Waals surface area (Å²) >= 11 is 0. The van der Waals surface area contributed by atoms with Crippen LogP contribution in [-0.2, 0) is 11.0 Å². The molecule has 0 radical (unpaired) electrons. The third-order valence-corrected chi connectivity index (χ3v) is 2.29.